The quantitative estimate of drug-likeness (QED) is 0.816. The summed E-state index contributed by atoms with van der Waals surface area (Å²) in [4.78, 5) is 20.2. The summed E-state index contributed by atoms with van der Waals surface area (Å²) in [5.41, 5.74) is 5.09. The van der Waals surface area contributed by atoms with Crippen molar-refractivity contribution in [3.05, 3.63) is 65.2 Å². The average Bonchev–Trinajstić information content (AvgIpc) is 2.86. The Kier molecular flexibility index (Phi) is 5.79. The maximum atomic E-state index is 13.3. The van der Waals surface area contributed by atoms with Crippen molar-refractivity contribution in [1.82, 2.24) is 9.80 Å². The zero-order chi connectivity index (χ0) is 19.5. The number of likely N-dealkylation sites (N-methyl/N-ethyl adjacent to an activating group) is 1. The summed E-state index contributed by atoms with van der Waals surface area (Å²) in [6.07, 6.45) is 1.90. The molecule has 1 saturated heterocycles. The zero-order valence-corrected chi connectivity index (χ0v) is 17.1. The summed E-state index contributed by atoms with van der Waals surface area (Å²) < 4.78 is 0. The fourth-order valence-electron chi connectivity index (χ4n) is 4.55. The molecule has 2 aliphatic rings. The van der Waals surface area contributed by atoms with Crippen LogP contribution < -0.4 is 4.90 Å². The molecule has 2 heterocycles. The third-order valence-corrected chi connectivity index (χ3v) is 6.21. The van der Waals surface area contributed by atoms with Gasteiger partial charge in [0.25, 0.3) is 0 Å². The number of anilines is 1. The summed E-state index contributed by atoms with van der Waals surface area (Å²) >= 11 is 0. The van der Waals surface area contributed by atoms with Crippen molar-refractivity contribution < 1.29 is 4.79 Å². The highest BCUT2D eigenvalue weighted by molar-refractivity contribution is 5.98. The van der Waals surface area contributed by atoms with Crippen LogP contribution in [0.15, 0.2) is 48.5 Å². The van der Waals surface area contributed by atoms with Crippen LogP contribution in [0.2, 0.25) is 0 Å². The van der Waals surface area contributed by atoms with E-state index in [-0.39, 0.29) is 11.9 Å². The van der Waals surface area contributed by atoms with E-state index < -0.39 is 0 Å². The lowest BCUT2D eigenvalue weighted by Gasteiger charge is -2.39. The Morgan fingerprint density at radius 3 is 2.39 bits per heavy atom. The maximum Gasteiger partial charge on any atom is 0.244 e. The molecule has 148 valence electrons. The van der Waals surface area contributed by atoms with Crippen molar-refractivity contribution in [2.24, 2.45) is 0 Å². The molecule has 1 amide bonds. The van der Waals surface area contributed by atoms with Crippen LogP contribution in [-0.4, -0.2) is 54.5 Å². The van der Waals surface area contributed by atoms with Gasteiger partial charge >= 0.3 is 0 Å². The van der Waals surface area contributed by atoms with Crippen LogP contribution >= 0.6 is 0 Å². The van der Waals surface area contributed by atoms with Gasteiger partial charge in [-0.15, -0.1) is 0 Å². The fourth-order valence-corrected chi connectivity index (χ4v) is 4.55. The number of aryl methyl sites for hydroxylation is 2. The van der Waals surface area contributed by atoms with E-state index in [1.54, 1.807) is 0 Å². The van der Waals surface area contributed by atoms with Gasteiger partial charge in [-0.05, 0) is 43.9 Å². The number of fused-ring (bicyclic) bond motifs is 1. The Labute approximate surface area is 168 Å². The van der Waals surface area contributed by atoms with Crippen molar-refractivity contribution in [3.8, 4) is 0 Å². The standard InChI is InChI=1S/C24H31N3O/c1-3-27-22-7-5-4-6-21(22)12-13-23(24(27)28)26-16-14-25(15-17-26)18-20-10-8-19(2)9-11-20/h4-11,23H,3,12-18H2,1-2H3. The van der Waals surface area contributed by atoms with Crippen LogP contribution in [0.3, 0.4) is 0 Å². The molecule has 0 radical (unpaired) electrons. The van der Waals surface area contributed by atoms with Gasteiger partial charge in [0.1, 0.15) is 0 Å². The molecule has 1 unspecified atom stereocenters. The van der Waals surface area contributed by atoms with Crippen LogP contribution in [0.5, 0.6) is 0 Å². The van der Waals surface area contributed by atoms with E-state index >= 15 is 0 Å². The zero-order valence-electron chi connectivity index (χ0n) is 17.1. The molecule has 1 fully saturated rings. The number of carbonyl (C=O) groups is 1. The van der Waals surface area contributed by atoms with Crippen molar-refractivity contribution in [1.29, 1.82) is 0 Å². The number of benzene rings is 2. The molecule has 0 aliphatic carbocycles. The minimum atomic E-state index is 0.00822. The number of piperazine rings is 1. The Morgan fingerprint density at radius 1 is 0.964 bits per heavy atom. The molecule has 2 aromatic rings. The smallest absolute Gasteiger partial charge is 0.244 e. The minimum absolute atomic E-state index is 0.00822. The largest absolute Gasteiger partial charge is 0.311 e. The molecule has 0 bridgehead atoms. The molecule has 0 aromatic heterocycles. The molecule has 0 spiro atoms. The van der Waals surface area contributed by atoms with Gasteiger partial charge in [-0.2, -0.15) is 0 Å². The highest BCUT2D eigenvalue weighted by atomic mass is 16.2. The van der Waals surface area contributed by atoms with Gasteiger partial charge < -0.3 is 4.90 Å². The number of rotatable bonds is 4. The normalized spacial score (nSPS) is 21.4. The topological polar surface area (TPSA) is 26.8 Å². The van der Waals surface area contributed by atoms with E-state index in [1.165, 1.54) is 16.7 Å². The molecule has 0 N–H and O–H groups in total. The molecule has 28 heavy (non-hydrogen) atoms. The Morgan fingerprint density at radius 2 is 1.68 bits per heavy atom. The van der Waals surface area contributed by atoms with E-state index in [1.807, 2.05) is 11.0 Å². The second kappa shape index (κ2) is 8.46. The third-order valence-electron chi connectivity index (χ3n) is 6.21. The predicted octanol–water partition coefficient (Wildman–Crippen LogP) is 3.48. The highest BCUT2D eigenvalue weighted by Crippen LogP contribution is 2.29. The number of nitrogens with zero attached hydrogens (tertiary/aromatic N) is 3. The fraction of sp³-hybridized carbons (Fsp3) is 0.458. The summed E-state index contributed by atoms with van der Waals surface area (Å²) in [6.45, 7) is 9.93. The minimum Gasteiger partial charge on any atom is -0.311 e. The van der Waals surface area contributed by atoms with E-state index in [9.17, 15) is 4.79 Å². The lowest BCUT2D eigenvalue weighted by molar-refractivity contribution is -0.124. The van der Waals surface area contributed by atoms with Gasteiger partial charge in [-0.3, -0.25) is 14.6 Å². The first-order chi connectivity index (χ1) is 13.7. The van der Waals surface area contributed by atoms with E-state index in [2.05, 4.69) is 66.1 Å². The van der Waals surface area contributed by atoms with Crippen LogP contribution in [0.25, 0.3) is 0 Å². The van der Waals surface area contributed by atoms with Crippen LogP contribution in [0, 0.1) is 6.92 Å². The lowest BCUT2D eigenvalue weighted by atomic mass is 10.0. The third kappa shape index (κ3) is 3.98. The number of hydrogen-bond acceptors (Lipinski definition) is 3. The molecule has 4 rings (SSSR count). The molecule has 4 nitrogen and oxygen atoms in total. The lowest BCUT2D eigenvalue weighted by Crippen LogP contribution is -2.55. The average molecular weight is 378 g/mol. The summed E-state index contributed by atoms with van der Waals surface area (Å²) in [6, 6.07) is 17.2. The predicted molar refractivity (Wildman–Crippen MR) is 115 cm³/mol. The van der Waals surface area contributed by atoms with E-state index in [4.69, 9.17) is 0 Å². The Hall–Kier alpha value is -2.17. The van der Waals surface area contributed by atoms with E-state index in [0.29, 0.717) is 0 Å². The first-order valence-corrected chi connectivity index (χ1v) is 10.6. The number of para-hydroxylation sites is 1. The first-order valence-electron chi connectivity index (χ1n) is 10.6. The molecule has 1 atom stereocenters. The van der Waals surface area contributed by atoms with Gasteiger partial charge in [-0.1, -0.05) is 48.0 Å². The SMILES string of the molecule is CCN1C(=O)C(N2CCN(Cc3ccc(C)cc3)CC2)CCc2ccccc21. The van der Waals surface area contributed by atoms with Crippen LogP contribution in [-0.2, 0) is 17.8 Å². The molecular formula is C24H31N3O. The number of carbonyl (C=O) groups excluding carboxylic acids is 1. The summed E-state index contributed by atoms with van der Waals surface area (Å²) in [5.74, 6) is 0.277. The van der Waals surface area contributed by atoms with Gasteiger partial charge in [0, 0.05) is 45.0 Å². The summed E-state index contributed by atoms with van der Waals surface area (Å²) in [5, 5.41) is 0. The van der Waals surface area contributed by atoms with Gasteiger partial charge in [0.05, 0.1) is 6.04 Å². The highest BCUT2D eigenvalue weighted by Gasteiger charge is 2.34. The monoisotopic (exact) mass is 377 g/mol. The maximum absolute atomic E-state index is 13.3. The summed E-state index contributed by atoms with van der Waals surface area (Å²) in [7, 11) is 0. The molecular weight excluding hydrogens is 346 g/mol. The van der Waals surface area contributed by atoms with Gasteiger partial charge in [0.2, 0.25) is 5.91 Å². The van der Waals surface area contributed by atoms with Crippen molar-refractivity contribution in [2.45, 2.75) is 39.3 Å². The van der Waals surface area contributed by atoms with Crippen molar-refractivity contribution >= 4 is 11.6 Å². The van der Waals surface area contributed by atoms with Crippen LogP contribution in [0.4, 0.5) is 5.69 Å². The first kappa shape index (κ1) is 19.2. The van der Waals surface area contributed by atoms with Crippen molar-refractivity contribution in [3.63, 3.8) is 0 Å². The van der Waals surface area contributed by atoms with Gasteiger partial charge in [0.15, 0.2) is 0 Å². The van der Waals surface area contributed by atoms with Crippen LogP contribution in [0.1, 0.15) is 30.0 Å². The van der Waals surface area contributed by atoms with E-state index in [0.717, 1.165) is 57.8 Å². The Balaban J connectivity index is 1.40. The molecule has 2 aromatic carbocycles. The van der Waals surface area contributed by atoms with Crippen molar-refractivity contribution in [2.75, 3.05) is 37.6 Å². The molecule has 2 aliphatic heterocycles. The Bertz CT molecular complexity index is 809. The second-order valence-corrected chi connectivity index (χ2v) is 8.06. The molecule has 4 heteroatoms. The molecule has 0 saturated carbocycles. The number of amides is 1. The number of hydrogen-bond donors (Lipinski definition) is 0. The second-order valence-electron chi connectivity index (χ2n) is 8.06. The van der Waals surface area contributed by atoms with Gasteiger partial charge in [-0.25, -0.2) is 0 Å².